The first-order valence-electron chi connectivity index (χ1n) is 9.73. The topological polar surface area (TPSA) is 76.3 Å². The van der Waals surface area contributed by atoms with Crippen molar-refractivity contribution in [2.75, 3.05) is 11.4 Å². The van der Waals surface area contributed by atoms with Crippen molar-refractivity contribution in [2.45, 2.75) is 6.42 Å². The molecule has 1 amide bonds. The molecule has 7 heteroatoms. The first-order chi connectivity index (χ1) is 15.1. The number of nitro benzene ring substituents is 1. The maximum Gasteiger partial charge on any atom is 0.282 e. The molecule has 0 saturated heterocycles. The number of benzene rings is 3. The lowest BCUT2D eigenvalue weighted by Crippen LogP contribution is -2.33. The van der Waals surface area contributed by atoms with Crippen LogP contribution in [0.1, 0.15) is 15.9 Å². The van der Waals surface area contributed by atoms with Gasteiger partial charge in [-0.1, -0.05) is 72.8 Å². The van der Waals surface area contributed by atoms with Gasteiger partial charge in [-0.3, -0.25) is 19.8 Å². The molecule has 31 heavy (non-hydrogen) atoms. The van der Waals surface area contributed by atoms with Crippen molar-refractivity contribution < 1.29 is 9.72 Å². The average Bonchev–Trinajstić information content (AvgIpc) is 3.30. The largest absolute Gasteiger partial charge is 0.283 e. The van der Waals surface area contributed by atoms with E-state index in [1.165, 1.54) is 28.4 Å². The highest BCUT2D eigenvalue weighted by molar-refractivity contribution is 7.14. The molecule has 3 aromatic carbocycles. The van der Waals surface area contributed by atoms with E-state index in [1.54, 1.807) is 12.1 Å². The Balaban J connectivity index is 1.69. The van der Waals surface area contributed by atoms with Gasteiger partial charge in [0.1, 0.15) is 5.56 Å². The van der Waals surface area contributed by atoms with E-state index < -0.39 is 10.8 Å². The van der Waals surface area contributed by atoms with E-state index in [-0.39, 0.29) is 11.3 Å². The molecule has 0 radical (unpaired) electrons. The van der Waals surface area contributed by atoms with Crippen LogP contribution >= 0.6 is 11.3 Å². The zero-order valence-electron chi connectivity index (χ0n) is 16.5. The van der Waals surface area contributed by atoms with Crippen LogP contribution in [0.4, 0.5) is 10.8 Å². The summed E-state index contributed by atoms with van der Waals surface area (Å²) in [7, 11) is 0. The summed E-state index contributed by atoms with van der Waals surface area (Å²) in [5, 5.41) is 13.9. The van der Waals surface area contributed by atoms with E-state index in [2.05, 4.69) is 4.98 Å². The van der Waals surface area contributed by atoms with Crippen molar-refractivity contribution in [1.29, 1.82) is 0 Å². The van der Waals surface area contributed by atoms with Gasteiger partial charge in [0.25, 0.3) is 11.6 Å². The highest BCUT2D eigenvalue weighted by atomic mass is 32.1. The lowest BCUT2D eigenvalue weighted by atomic mass is 10.1. The minimum atomic E-state index is -0.528. The third kappa shape index (κ3) is 4.67. The number of carbonyl (C=O) groups excluding carboxylic acids is 1. The second-order valence-corrected chi connectivity index (χ2v) is 7.68. The van der Waals surface area contributed by atoms with Crippen molar-refractivity contribution in [1.82, 2.24) is 4.98 Å². The second-order valence-electron chi connectivity index (χ2n) is 6.85. The van der Waals surface area contributed by atoms with Gasteiger partial charge < -0.3 is 0 Å². The molecular weight excluding hydrogens is 410 g/mol. The van der Waals surface area contributed by atoms with E-state index in [1.807, 2.05) is 66.0 Å². The number of nitro groups is 1. The van der Waals surface area contributed by atoms with E-state index in [0.29, 0.717) is 18.1 Å². The van der Waals surface area contributed by atoms with Gasteiger partial charge in [-0.05, 0) is 18.1 Å². The van der Waals surface area contributed by atoms with E-state index in [4.69, 9.17) is 0 Å². The fourth-order valence-corrected chi connectivity index (χ4v) is 4.12. The Morgan fingerprint density at radius 1 is 0.935 bits per heavy atom. The molecule has 1 aromatic heterocycles. The van der Waals surface area contributed by atoms with Gasteiger partial charge in [-0.15, -0.1) is 11.3 Å². The van der Waals surface area contributed by atoms with Crippen molar-refractivity contribution in [2.24, 2.45) is 0 Å². The van der Waals surface area contributed by atoms with Crippen LogP contribution in [0.15, 0.2) is 90.3 Å². The summed E-state index contributed by atoms with van der Waals surface area (Å²) in [5.41, 5.74) is 2.63. The predicted octanol–water partition coefficient (Wildman–Crippen LogP) is 5.61. The Labute approximate surface area is 183 Å². The van der Waals surface area contributed by atoms with Gasteiger partial charge in [-0.2, -0.15) is 0 Å². The lowest BCUT2D eigenvalue weighted by molar-refractivity contribution is -0.385. The first-order valence-corrected chi connectivity index (χ1v) is 10.6. The zero-order valence-corrected chi connectivity index (χ0v) is 17.4. The molecule has 0 unspecified atom stereocenters. The maximum absolute atomic E-state index is 13.4. The number of rotatable bonds is 7. The molecule has 0 N–H and O–H groups in total. The smallest absolute Gasteiger partial charge is 0.282 e. The Morgan fingerprint density at radius 3 is 2.29 bits per heavy atom. The van der Waals surface area contributed by atoms with Crippen molar-refractivity contribution in [3.05, 3.63) is 112 Å². The van der Waals surface area contributed by atoms with Crippen LogP contribution in [-0.4, -0.2) is 22.4 Å². The summed E-state index contributed by atoms with van der Waals surface area (Å²) >= 11 is 1.35. The molecule has 0 bridgehead atoms. The number of carbonyl (C=O) groups is 1. The van der Waals surface area contributed by atoms with Gasteiger partial charge in [0.15, 0.2) is 5.13 Å². The molecule has 6 nitrogen and oxygen atoms in total. The molecule has 154 valence electrons. The van der Waals surface area contributed by atoms with Gasteiger partial charge >= 0.3 is 0 Å². The van der Waals surface area contributed by atoms with Crippen LogP contribution in [0.5, 0.6) is 0 Å². The summed E-state index contributed by atoms with van der Waals surface area (Å²) in [6, 6.07) is 25.5. The maximum atomic E-state index is 13.4. The number of hydrogen-bond acceptors (Lipinski definition) is 5. The van der Waals surface area contributed by atoms with Crippen molar-refractivity contribution in [3.8, 4) is 11.3 Å². The summed E-state index contributed by atoms with van der Waals surface area (Å²) in [4.78, 5) is 30.6. The predicted molar refractivity (Wildman–Crippen MR) is 122 cm³/mol. The van der Waals surface area contributed by atoms with Gasteiger partial charge in [0.2, 0.25) is 0 Å². The second kappa shape index (κ2) is 9.32. The molecule has 0 aliphatic heterocycles. The minimum Gasteiger partial charge on any atom is -0.283 e. The van der Waals surface area contributed by atoms with Crippen LogP contribution in [0.25, 0.3) is 11.3 Å². The number of nitrogens with zero attached hydrogens (tertiary/aromatic N) is 3. The summed E-state index contributed by atoms with van der Waals surface area (Å²) < 4.78 is 0. The number of aromatic nitrogens is 1. The van der Waals surface area contributed by atoms with Crippen LogP contribution in [0, 0.1) is 10.1 Å². The number of thiazole rings is 1. The fraction of sp³-hybridized carbons (Fsp3) is 0.0833. The average molecular weight is 430 g/mol. The first kappa shape index (κ1) is 20.4. The molecule has 4 aromatic rings. The Kier molecular flexibility index (Phi) is 6.14. The molecule has 4 rings (SSSR count). The molecule has 0 spiro atoms. The van der Waals surface area contributed by atoms with Crippen LogP contribution in [0.3, 0.4) is 0 Å². The molecule has 0 aliphatic rings. The summed E-state index contributed by atoms with van der Waals surface area (Å²) in [5.74, 6) is -0.433. The number of para-hydroxylation sites is 1. The highest BCUT2D eigenvalue weighted by Crippen LogP contribution is 2.30. The van der Waals surface area contributed by atoms with Crippen LogP contribution < -0.4 is 4.90 Å². The fourth-order valence-electron chi connectivity index (χ4n) is 3.26. The molecule has 0 atom stereocenters. The molecule has 1 heterocycles. The third-order valence-electron chi connectivity index (χ3n) is 4.84. The number of amides is 1. The molecule has 0 aliphatic carbocycles. The number of hydrogen-bond donors (Lipinski definition) is 0. The normalized spacial score (nSPS) is 10.6. The van der Waals surface area contributed by atoms with Gasteiger partial charge in [0.05, 0.1) is 10.6 Å². The lowest BCUT2D eigenvalue weighted by Gasteiger charge is -2.20. The Hall–Kier alpha value is -3.84. The van der Waals surface area contributed by atoms with Crippen LogP contribution in [0.2, 0.25) is 0 Å². The highest BCUT2D eigenvalue weighted by Gasteiger charge is 2.27. The van der Waals surface area contributed by atoms with Gasteiger partial charge in [-0.25, -0.2) is 4.98 Å². The summed E-state index contributed by atoms with van der Waals surface area (Å²) in [6.07, 6.45) is 0.605. The summed E-state index contributed by atoms with van der Waals surface area (Å²) in [6.45, 7) is 0.358. The third-order valence-corrected chi connectivity index (χ3v) is 5.70. The minimum absolute atomic E-state index is 0.0528. The Bertz CT molecular complexity index is 1190. The zero-order chi connectivity index (χ0) is 21.6. The molecular formula is C24H19N3O3S. The Morgan fingerprint density at radius 2 is 1.58 bits per heavy atom. The van der Waals surface area contributed by atoms with Crippen LogP contribution in [-0.2, 0) is 6.42 Å². The SMILES string of the molecule is O=C(c1ccccc1[N+](=O)[O-])N(CCc1ccccc1)c1nc(-c2ccccc2)cs1. The van der Waals surface area contributed by atoms with Gasteiger partial charge in [0, 0.05) is 23.6 Å². The van der Waals surface area contributed by atoms with E-state index in [9.17, 15) is 14.9 Å². The van der Waals surface area contributed by atoms with E-state index >= 15 is 0 Å². The monoisotopic (exact) mass is 429 g/mol. The standard InChI is InChI=1S/C24H19N3O3S/c28-23(20-13-7-8-14-22(20)27(29)30)26(16-15-18-9-3-1-4-10-18)24-25-21(17-31-24)19-11-5-2-6-12-19/h1-14,17H,15-16H2. The van der Waals surface area contributed by atoms with Crippen molar-refractivity contribution >= 4 is 28.1 Å². The molecule has 0 fully saturated rings. The van der Waals surface area contributed by atoms with E-state index in [0.717, 1.165) is 16.8 Å². The van der Waals surface area contributed by atoms with Crippen molar-refractivity contribution in [3.63, 3.8) is 0 Å². The quantitative estimate of drug-likeness (QED) is 0.283. The molecule has 0 saturated carbocycles. The number of anilines is 1.